The van der Waals surface area contributed by atoms with Gasteiger partial charge in [-0.3, -0.25) is 28.8 Å². The van der Waals surface area contributed by atoms with E-state index in [1.165, 1.54) is 12.0 Å². The van der Waals surface area contributed by atoms with E-state index in [9.17, 15) is 38.4 Å². The number of rotatable bonds is 18. The Morgan fingerprint density at radius 1 is 0.683 bits per heavy atom. The van der Waals surface area contributed by atoms with Crippen LogP contribution in [0.3, 0.4) is 0 Å². The molecule has 63 heavy (non-hydrogen) atoms. The largest absolute Gasteiger partial charge is 0.464 e. The first kappa shape index (κ1) is 46.7. The third-order valence-electron chi connectivity index (χ3n) is 9.77. The van der Waals surface area contributed by atoms with Crippen molar-refractivity contribution in [3.05, 3.63) is 94.1 Å². The predicted octanol–water partition coefficient (Wildman–Crippen LogP) is 1.85. The molecule has 0 spiro atoms. The Morgan fingerprint density at radius 2 is 1.17 bits per heavy atom. The van der Waals surface area contributed by atoms with E-state index in [0.717, 1.165) is 0 Å². The van der Waals surface area contributed by atoms with Crippen molar-refractivity contribution in [2.24, 2.45) is 5.92 Å². The van der Waals surface area contributed by atoms with Gasteiger partial charge in [0.05, 0.1) is 39.8 Å². The molecule has 5 rings (SSSR count). The Labute approximate surface area is 363 Å². The number of nitrogens with zero attached hydrogens (tertiary/aromatic N) is 1. The van der Waals surface area contributed by atoms with Gasteiger partial charge in [0.25, 0.3) is 17.7 Å². The zero-order valence-corrected chi connectivity index (χ0v) is 36.0. The summed E-state index contributed by atoms with van der Waals surface area (Å²) >= 11 is 0. The molecular formula is C42H55N11O10. The highest BCUT2D eigenvalue weighted by Crippen LogP contribution is 2.21. The highest BCUT2D eigenvalue weighted by Gasteiger charge is 2.35. The number of amides is 7. The summed E-state index contributed by atoms with van der Waals surface area (Å²) in [5, 5.41) is 16.1. The van der Waals surface area contributed by atoms with Gasteiger partial charge < -0.3 is 66.2 Å². The highest BCUT2D eigenvalue weighted by atomic mass is 16.6. The van der Waals surface area contributed by atoms with E-state index in [1.807, 2.05) is 0 Å². The summed E-state index contributed by atoms with van der Waals surface area (Å²) in [7, 11) is 1.27. The molecule has 7 amide bonds. The third kappa shape index (κ3) is 13.3. The Balaban J connectivity index is 1.03. The molecule has 1 saturated heterocycles. The van der Waals surface area contributed by atoms with Crippen LogP contribution in [0.1, 0.15) is 112 Å². The number of ether oxygens (including phenoxy) is 2. The minimum absolute atomic E-state index is 0.0375. The van der Waals surface area contributed by atoms with E-state index < -0.39 is 71.7 Å². The van der Waals surface area contributed by atoms with E-state index >= 15 is 0 Å². The van der Waals surface area contributed by atoms with Crippen LogP contribution in [0.5, 0.6) is 0 Å². The number of esters is 1. The number of alkyl carbamates (subject to hydrolysis) is 1. The number of carbonyl (C=O) groups excluding carboxylic acids is 8. The fourth-order valence-corrected chi connectivity index (χ4v) is 6.59. The maximum atomic E-state index is 13.5. The molecule has 0 aliphatic carbocycles. The van der Waals surface area contributed by atoms with Crippen LogP contribution in [0.15, 0.2) is 48.5 Å². The zero-order chi connectivity index (χ0) is 45.8. The molecule has 21 heteroatoms. The molecule has 21 nitrogen and oxygen atoms in total. The molecule has 338 valence electrons. The number of nitrogens with one attached hydrogen (secondary N) is 10. The van der Waals surface area contributed by atoms with Crippen LogP contribution in [0.2, 0.25) is 0 Å². The van der Waals surface area contributed by atoms with Crippen molar-refractivity contribution >= 4 is 47.5 Å². The zero-order valence-electron chi connectivity index (χ0n) is 36.0. The lowest BCUT2D eigenvalue weighted by Crippen LogP contribution is -2.53. The summed E-state index contributed by atoms with van der Waals surface area (Å²) in [5.74, 6) is -3.66. The van der Waals surface area contributed by atoms with Crippen molar-refractivity contribution < 1.29 is 47.8 Å². The summed E-state index contributed by atoms with van der Waals surface area (Å²) < 4.78 is 9.88. The second-order valence-corrected chi connectivity index (χ2v) is 16.2. The molecule has 5 heterocycles. The number of methoxy groups -OCH3 is 1. The first-order chi connectivity index (χ1) is 29.9. The Bertz CT molecular complexity index is 2300. The van der Waals surface area contributed by atoms with E-state index in [4.69, 9.17) is 4.74 Å². The smallest absolute Gasteiger partial charge is 0.407 e. The molecule has 1 aliphatic rings. The first-order valence-corrected chi connectivity index (χ1v) is 20.4. The second kappa shape index (κ2) is 21.0. The monoisotopic (exact) mass is 873 g/mol. The fourth-order valence-electron chi connectivity index (χ4n) is 6.59. The average Bonchev–Trinajstić information content (AvgIpc) is 4.10. The Morgan fingerprint density at radius 3 is 1.71 bits per heavy atom. The van der Waals surface area contributed by atoms with Crippen LogP contribution >= 0.6 is 0 Å². The van der Waals surface area contributed by atoms with Crippen molar-refractivity contribution in [1.82, 2.24) is 56.7 Å². The van der Waals surface area contributed by atoms with Crippen LogP contribution in [0.25, 0.3) is 0 Å². The molecule has 0 bridgehead atoms. The quantitative estimate of drug-likeness (QED) is 0.0648. The van der Waals surface area contributed by atoms with Gasteiger partial charge in [-0.05, 0) is 88.1 Å². The number of aromatic nitrogens is 4. The Kier molecular flexibility index (Phi) is 15.6. The number of H-pyrrole nitrogens is 4. The maximum absolute atomic E-state index is 13.5. The molecule has 4 aromatic heterocycles. The van der Waals surface area contributed by atoms with Crippen molar-refractivity contribution in [1.29, 1.82) is 0 Å². The summed E-state index contributed by atoms with van der Waals surface area (Å²) in [6.07, 6.45) is 0.374. The van der Waals surface area contributed by atoms with E-state index in [1.54, 1.807) is 83.1 Å². The maximum Gasteiger partial charge on any atom is 0.407 e. The molecule has 0 aromatic carbocycles. The molecule has 1 aliphatic heterocycles. The average molecular weight is 874 g/mol. The van der Waals surface area contributed by atoms with Gasteiger partial charge >= 0.3 is 12.1 Å². The minimum Gasteiger partial charge on any atom is -0.464 e. The van der Waals surface area contributed by atoms with E-state index in [2.05, 4.69) is 56.6 Å². The number of hydrogen-bond donors (Lipinski definition) is 10. The van der Waals surface area contributed by atoms with Gasteiger partial charge in [-0.2, -0.15) is 0 Å². The van der Waals surface area contributed by atoms with Crippen molar-refractivity contribution in [2.45, 2.75) is 91.3 Å². The fraction of sp³-hybridized carbons (Fsp3) is 0.429. The highest BCUT2D eigenvalue weighted by molar-refractivity contribution is 5.98. The van der Waals surface area contributed by atoms with E-state index in [0.29, 0.717) is 42.2 Å². The van der Waals surface area contributed by atoms with Crippen LogP contribution in [-0.2, 0) is 50.0 Å². The van der Waals surface area contributed by atoms with Crippen molar-refractivity contribution in [3.63, 3.8) is 0 Å². The lowest BCUT2D eigenvalue weighted by atomic mass is 10.0. The normalized spacial score (nSPS) is 14.1. The summed E-state index contributed by atoms with van der Waals surface area (Å²) in [6, 6.07) is 11.1. The Hall–Kier alpha value is -7.32. The van der Waals surface area contributed by atoms with E-state index in [-0.39, 0.29) is 54.9 Å². The van der Waals surface area contributed by atoms with Crippen molar-refractivity contribution in [2.75, 3.05) is 20.2 Å². The lowest BCUT2D eigenvalue weighted by molar-refractivity contribution is -0.131. The predicted molar refractivity (Wildman–Crippen MR) is 226 cm³/mol. The number of carbonyl (C=O) groups is 8. The summed E-state index contributed by atoms with van der Waals surface area (Å²) in [6.45, 7) is 9.06. The first-order valence-electron chi connectivity index (χ1n) is 20.4. The van der Waals surface area contributed by atoms with Crippen LogP contribution in [0, 0.1) is 5.92 Å². The van der Waals surface area contributed by atoms with Gasteiger partial charge in [-0.25, -0.2) is 9.59 Å². The summed E-state index contributed by atoms with van der Waals surface area (Å²) in [4.78, 5) is 115. The van der Waals surface area contributed by atoms with Gasteiger partial charge in [-0.1, -0.05) is 13.8 Å². The summed E-state index contributed by atoms with van der Waals surface area (Å²) in [5.41, 5.74) is 2.65. The third-order valence-corrected chi connectivity index (χ3v) is 9.77. The van der Waals surface area contributed by atoms with Crippen LogP contribution < -0.4 is 31.9 Å². The second-order valence-electron chi connectivity index (χ2n) is 16.2. The molecule has 1 fully saturated rings. The van der Waals surface area contributed by atoms with Gasteiger partial charge in [0.2, 0.25) is 17.7 Å². The van der Waals surface area contributed by atoms with Gasteiger partial charge in [0, 0.05) is 29.3 Å². The molecule has 10 N–H and O–H groups in total. The van der Waals surface area contributed by atoms with Gasteiger partial charge in [0.1, 0.15) is 40.5 Å². The molecule has 0 radical (unpaired) electrons. The number of likely N-dealkylation sites (tertiary alicyclic amines) is 1. The van der Waals surface area contributed by atoms with Crippen LogP contribution in [-0.4, -0.2) is 110 Å². The number of hydrogen-bond acceptors (Lipinski definition) is 10. The topological polar surface area (TPSA) is 294 Å². The van der Waals surface area contributed by atoms with Gasteiger partial charge in [0.15, 0.2) is 0 Å². The standard InChI is InChI=1S/C42H55N11O10/c1-23(2)34(38(58)45-20-24-9-13-28(48-24)35(55)44-19-26-12-16-31(51-26)40(60)62-6)52-33(54)22-46-37(57)32-8-7-17-53(32)39(59)30-15-11-25(50-30)18-43-36(56)29-14-10-27(49-29)21-47-41(61)63-42(3,4)5/h9-16,23,32,34,48-51H,7-8,17-22H2,1-6H3,(H,43,56)(H,44,55)(H,45,58)(H,46,57)(H,47,61)(H,52,54)/t32-,34+/m1/s1. The molecular weight excluding hydrogens is 819 g/mol. The molecule has 0 saturated carbocycles. The molecule has 2 atom stereocenters. The molecule has 0 unspecified atom stereocenters. The van der Waals surface area contributed by atoms with Gasteiger partial charge in [-0.15, -0.1) is 0 Å². The SMILES string of the molecule is COC(=O)c1ccc(CNC(=O)c2ccc(CNC(=O)[C@@H](NC(=O)CNC(=O)[C@H]3CCCN3C(=O)c3ccc(CNC(=O)c4ccc(CNC(=O)OC(C)(C)C)[nH]4)[nH]3)C(C)C)[nH]2)[nH]1. The minimum atomic E-state index is -0.937. The lowest BCUT2D eigenvalue weighted by Gasteiger charge is -2.24. The van der Waals surface area contributed by atoms with Crippen LogP contribution in [0.4, 0.5) is 4.79 Å². The number of aromatic amines is 4. The van der Waals surface area contributed by atoms with Crippen molar-refractivity contribution in [3.8, 4) is 0 Å². The molecule has 4 aromatic rings.